The molecule has 0 atom stereocenters. The third kappa shape index (κ3) is 3.52. The van der Waals surface area contributed by atoms with E-state index in [1.165, 1.54) is 0 Å². The Morgan fingerprint density at radius 3 is 2.59 bits per heavy atom. The Kier molecular flexibility index (Phi) is 4.91. The van der Waals surface area contributed by atoms with E-state index in [4.69, 9.17) is 13.9 Å². The number of benzene rings is 3. The molecule has 4 aromatic rings. The van der Waals surface area contributed by atoms with Gasteiger partial charge in [-0.3, -0.25) is 4.79 Å². The second kappa shape index (κ2) is 7.67. The number of fused-ring (bicyclic) bond motifs is 1. The first-order valence-corrected chi connectivity index (χ1v) is 9.09. The maximum absolute atomic E-state index is 12.9. The number of oxazole rings is 1. The lowest BCUT2D eigenvalue weighted by Crippen LogP contribution is -2.14. The SMILES string of the molecule is COc1ccc(-c2nc3ccccc3o2)cc1NC(=O)c1cccc(C)c1OC. The van der Waals surface area contributed by atoms with Crippen molar-refractivity contribution < 1.29 is 18.7 Å². The van der Waals surface area contributed by atoms with Crippen molar-refractivity contribution in [2.45, 2.75) is 6.92 Å². The number of para-hydroxylation sites is 3. The van der Waals surface area contributed by atoms with Crippen LogP contribution in [0.1, 0.15) is 15.9 Å². The van der Waals surface area contributed by atoms with Crippen molar-refractivity contribution in [3.63, 3.8) is 0 Å². The van der Waals surface area contributed by atoms with Crippen molar-refractivity contribution in [1.29, 1.82) is 0 Å². The van der Waals surface area contributed by atoms with Gasteiger partial charge < -0.3 is 19.2 Å². The van der Waals surface area contributed by atoms with Crippen LogP contribution in [0, 0.1) is 6.92 Å². The maximum atomic E-state index is 12.9. The van der Waals surface area contributed by atoms with Gasteiger partial charge in [0.1, 0.15) is 17.0 Å². The summed E-state index contributed by atoms with van der Waals surface area (Å²) in [4.78, 5) is 17.4. The normalized spacial score (nSPS) is 10.7. The molecule has 0 radical (unpaired) electrons. The van der Waals surface area contributed by atoms with Crippen LogP contribution in [0.5, 0.6) is 11.5 Å². The van der Waals surface area contributed by atoms with Crippen LogP contribution in [0.2, 0.25) is 0 Å². The third-order valence-electron chi connectivity index (χ3n) is 4.65. The first-order chi connectivity index (χ1) is 14.1. The lowest BCUT2D eigenvalue weighted by atomic mass is 10.1. The number of aromatic nitrogens is 1. The molecule has 0 aliphatic carbocycles. The zero-order chi connectivity index (χ0) is 20.4. The second-order valence-electron chi connectivity index (χ2n) is 6.51. The van der Waals surface area contributed by atoms with E-state index >= 15 is 0 Å². The summed E-state index contributed by atoms with van der Waals surface area (Å²) in [6.45, 7) is 1.89. The molecule has 146 valence electrons. The van der Waals surface area contributed by atoms with Gasteiger partial charge in [-0.2, -0.15) is 0 Å². The van der Waals surface area contributed by atoms with Gasteiger partial charge >= 0.3 is 0 Å². The molecule has 1 amide bonds. The number of rotatable bonds is 5. The summed E-state index contributed by atoms with van der Waals surface area (Å²) in [7, 11) is 3.10. The van der Waals surface area contributed by atoms with E-state index in [-0.39, 0.29) is 5.91 Å². The molecule has 0 saturated carbocycles. The smallest absolute Gasteiger partial charge is 0.259 e. The predicted molar refractivity (Wildman–Crippen MR) is 112 cm³/mol. The number of hydrogen-bond acceptors (Lipinski definition) is 5. The predicted octanol–water partition coefficient (Wildman–Crippen LogP) is 5.07. The average molecular weight is 388 g/mol. The van der Waals surface area contributed by atoms with Gasteiger partial charge in [0.15, 0.2) is 5.58 Å². The van der Waals surface area contributed by atoms with Crippen LogP contribution < -0.4 is 14.8 Å². The Balaban J connectivity index is 1.71. The van der Waals surface area contributed by atoms with Gasteiger partial charge in [-0.25, -0.2) is 4.98 Å². The summed E-state index contributed by atoms with van der Waals surface area (Å²) in [6, 6.07) is 18.4. The van der Waals surface area contributed by atoms with Crippen LogP contribution in [0.25, 0.3) is 22.6 Å². The van der Waals surface area contributed by atoms with Crippen LogP contribution in [0.3, 0.4) is 0 Å². The van der Waals surface area contributed by atoms with E-state index in [0.29, 0.717) is 34.2 Å². The average Bonchev–Trinajstić information content (AvgIpc) is 3.17. The minimum atomic E-state index is -0.293. The number of carbonyl (C=O) groups is 1. The Hall–Kier alpha value is -3.80. The first kappa shape index (κ1) is 18.6. The number of amides is 1. The highest BCUT2D eigenvalue weighted by Gasteiger charge is 2.17. The van der Waals surface area contributed by atoms with E-state index in [0.717, 1.165) is 16.6 Å². The molecule has 6 heteroatoms. The quantitative estimate of drug-likeness (QED) is 0.516. The number of hydrogen-bond donors (Lipinski definition) is 1. The molecule has 29 heavy (non-hydrogen) atoms. The molecule has 4 rings (SSSR count). The highest BCUT2D eigenvalue weighted by Crippen LogP contribution is 2.33. The number of nitrogens with one attached hydrogen (secondary N) is 1. The van der Waals surface area contributed by atoms with Crippen molar-refractivity contribution >= 4 is 22.7 Å². The maximum Gasteiger partial charge on any atom is 0.259 e. The summed E-state index contributed by atoms with van der Waals surface area (Å²) in [6.07, 6.45) is 0. The van der Waals surface area contributed by atoms with Crippen molar-refractivity contribution in [3.05, 3.63) is 71.8 Å². The number of nitrogens with zero attached hydrogens (tertiary/aromatic N) is 1. The summed E-state index contributed by atoms with van der Waals surface area (Å²) < 4.78 is 16.7. The molecule has 0 aliphatic heterocycles. The van der Waals surface area contributed by atoms with E-state index < -0.39 is 0 Å². The van der Waals surface area contributed by atoms with Gasteiger partial charge in [-0.05, 0) is 48.9 Å². The van der Waals surface area contributed by atoms with Crippen molar-refractivity contribution in [2.75, 3.05) is 19.5 Å². The molecule has 0 unspecified atom stereocenters. The first-order valence-electron chi connectivity index (χ1n) is 9.09. The van der Waals surface area contributed by atoms with Gasteiger partial charge in [0.05, 0.1) is 25.5 Å². The molecule has 0 bridgehead atoms. The van der Waals surface area contributed by atoms with E-state index in [2.05, 4.69) is 10.3 Å². The third-order valence-corrected chi connectivity index (χ3v) is 4.65. The zero-order valence-electron chi connectivity index (χ0n) is 16.4. The lowest BCUT2D eigenvalue weighted by Gasteiger charge is -2.14. The Morgan fingerprint density at radius 1 is 1.00 bits per heavy atom. The van der Waals surface area contributed by atoms with Gasteiger partial charge in [0, 0.05) is 5.56 Å². The zero-order valence-corrected chi connectivity index (χ0v) is 16.4. The molecule has 0 spiro atoms. The van der Waals surface area contributed by atoms with Gasteiger partial charge in [-0.15, -0.1) is 0 Å². The fourth-order valence-electron chi connectivity index (χ4n) is 3.23. The lowest BCUT2D eigenvalue weighted by molar-refractivity contribution is 0.102. The van der Waals surface area contributed by atoms with Crippen molar-refractivity contribution in [2.24, 2.45) is 0 Å². The van der Waals surface area contributed by atoms with Gasteiger partial charge in [0.2, 0.25) is 5.89 Å². The Bertz CT molecular complexity index is 1160. The number of ether oxygens (including phenoxy) is 2. The fraction of sp³-hybridized carbons (Fsp3) is 0.130. The molecule has 3 aromatic carbocycles. The molecule has 1 N–H and O–H groups in total. The van der Waals surface area contributed by atoms with Crippen LogP contribution in [0.4, 0.5) is 5.69 Å². The molecule has 6 nitrogen and oxygen atoms in total. The van der Waals surface area contributed by atoms with Crippen molar-refractivity contribution in [1.82, 2.24) is 4.98 Å². The molecule has 0 saturated heterocycles. The molecule has 1 aromatic heterocycles. The topological polar surface area (TPSA) is 73.6 Å². The van der Waals surface area contributed by atoms with Crippen LogP contribution >= 0.6 is 0 Å². The highest BCUT2D eigenvalue weighted by atomic mass is 16.5. The molecule has 0 fully saturated rings. The summed E-state index contributed by atoms with van der Waals surface area (Å²) >= 11 is 0. The summed E-state index contributed by atoms with van der Waals surface area (Å²) in [5.41, 5.74) is 4.05. The Labute approximate surface area is 168 Å². The standard InChI is InChI=1S/C23H20N2O4/c1-14-7-6-8-16(21(14)28-3)22(26)24-18-13-15(11-12-19(18)27-2)23-25-17-9-4-5-10-20(17)29-23/h4-13H,1-3H3,(H,24,26). The van der Waals surface area contributed by atoms with Crippen LogP contribution in [-0.2, 0) is 0 Å². The number of aryl methyl sites for hydroxylation is 1. The van der Waals surface area contributed by atoms with E-state index in [1.807, 2.05) is 49.4 Å². The molecule has 1 heterocycles. The fourth-order valence-corrected chi connectivity index (χ4v) is 3.23. The largest absolute Gasteiger partial charge is 0.496 e. The van der Waals surface area contributed by atoms with E-state index in [9.17, 15) is 4.79 Å². The molecular formula is C23H20N2O4. The van der Waals surface area contributed by atoms with Crippen LogP contribution in [-0.4, -0.2) is 25.1 Å². The summed E-state index contributed by atoms with van der Waals surface area (Å²) in [5, 5.41) is 2.91. The molecule has 0 aliphatic rings. The van der Waals surface area contributed by atoms with Gasteiger partial charge in [-0.1, -0.05) is 24.3 Å². The Morgan fingerprint density at radius 2 is 1.83 bits per heavy atom. The van der Waals surface area contributed by atoms with Crippen molar-refractivity contribution in [3.8, 4) is 23.0 Å². The minimum Gasteiger partial charge on any atom is -0.496 e. The number of carbonyl (C=O) groups excluding carboxylic acids is 1. The highest BCUT2D eigenvalue weighted by molar-refractivity contribution is 6.07. The van der Waals surface area contributed by atoms with Gasteiger partial charge in [0.25, 0.3) is 5.91 Å². The molecular weight excluding hydrogens is 368 g/mol. The van der Waals surface area contributed by atoms with E-state index in [1.54, 1.807) is 32.4 Å². The minimum absolute atomic E-state index is 0.293. The summed E-state index contributed by atoms with van der Waals surface area (Å²) in [5.74, 6) is 1.25. The number of methoxy groups -OCH3 is 2. The number of anilines is 1. The monoisotopic (exact) mass is 388 g/mol. The van der Waals surface area contributed by atoms with Crippen LogP contribution in [0.15, 0.2) is 65.1 Å². The second-order valence-corrected chi connectivity index (χ2v) is 6.51.